The molecule has 2 nitrogen and oxygen atoms in total. The minimum atomic E-state index is 0.805. The summed E-state index contributed by atoms with van der Waals surface area (Å²) in [5.41, 5.74) is 13.0. The van der Waals surface area contributed by atoms with Crippen molar-refractivity contribution in [2.75, 3.05) is 5.73 Å². The monoisotopic (exact) mass is 491 g/mol. The maximum Gasteiger partial charge on any atom is 0.143 e. The maximum absolute atomic E-state index is 6.06. The Balaban J connectivity index is 0.000000152. The average Bonchev–Trinajstić information content (AvgIpc) is 3.25. The lowest BCUT2D eigenvalue weighted by Gasteiger charge is -2.02. The van der Waals surface area contributed by atoms with Gasteiger partial charge in [0.2, 0.25) is 0 Å². The van der Waals surface area contributed by atoms with Crippen LogP contribution in [0.5, 0.6) is 0 Å². The first-order valence-corrected chi connectivity index (χ1v) is 11.6. The summed E-state index contributed by atoms with van der Waals surface area (Å²) in [6.07, 6.45) is 0. The van der Waals surface area contributed by atoms with Gasteiger partial charge in [-0.2, -0.15) is 0 Å². The van der Waals surface area contributed by atoms with Gasteiger partial charge in [-0.15, -0.1) is 0 Å². The van der Waals surface area contributed by atoms with Crippen LogP contribution in [-0.2, 0) is 0 Å². The molecule has 0 amide bonds. The normalized spacial score (nSPS) is 10.7. The Morgan fingerprint density at radius 3 is 1.88 bits per heavy atom. The molecule has 6 rings (SSSR count). The van der Waals surface area contributed by atoms with Gasteiger partial charge in [0.15, 0.2) is 0 Å². The topological polar surface area (TPSA) is 39.2 Å². The van der Waals surface area contributed by atoms with Crippen molar-refractivity contribution in [2.45, 2.75) is 0 Å². The van der Waals surface area contributed by atoms with E-state index in [0.717, 1.165) is 32.5 Å². The van der Waals surface area contributed by atoms with Gasteiger partial charge in [0.05, 0.1) is 0 Å². The van der Waals surface area contributed by atoms with Crippen molar-refractivity contribution in [1.29, 1.82) is 0 Å². The first-order chi connectivity index (χ1) is 16.2. The predicted molar refractivity (Wildman–Crippen MR) is 143 cm³/mol. The first kappa shape index (κ1) is 21.0. The van der Waals surface area contributed by atoms with E-state index in [9.17, 15) is 0 Å². The van der Waals surface area contributed by atoms with E-state index in [1.165, 1.54) is 21.9 Å². The molecule has 160 valence electrons. The van der Waals surface area contributed by atoms with Gasteiger partial charge < -0.3 is 10.2 Å². The van der Waals surface area contributed by atoms with Crippen LogP contribution >= 0.6 is 15.9 Å². The zero-order chi connectivity index (χ0) is 22.6. The molecule has 0 aliphatic heterocycles. The molecule has 0 saturated carbocycles. The zero-order valence-electron chi connectivity index (χ0n) is 17.9. The molecule has 6 aromatic rings. The molecule has 0 spiro atoms. The quantitative estimate of drug-likeness (QED) is 0.245. The number of furan rings is 1. The van der Waals surface area contributed by atoms with Crippen LogP contribution in [0.2, 0.25) is 0 Å². The maximum atomic E-state index is 6.06. The highest BCUT2D eigenvalue weighted by Crippen LogP contribution is 2.35. The van der Waals surface area contributed by atoms with Crippen molar-refractivity contribution >= 4 is 43.6 Å². The van der Waals surface area contributed by atoms with Gasteiger partial charge in [0.25, 0.3) is 0 Å². The van der Waals surface area contributed by atoms with Crippen LogP contribution in [0.25, 0.3) is 44.2 Å². The third-order valence-corrected chi connectivity index (χ3v) is 6.11. The second-order valence-electron chi connectivity index (χ2n) is 7.78. The van der Waals surface area contributed by atoms with Crippen LogP contribution in [0, 0.1) is 0 Å². The van der Waals surface area contributed by atoms with Crippen LogP contribution in [0.3, 0.4) is 0 Å². The first-order valence-electron chi connectivity index (χ1n) is 10.8. The summed E-state index contributed by atoms with van der Waals surface area (Å²) in [6, 6.07) is 40.9. The summed E-state index contributed by atoms with van der Waals surface area (Å²) in [7, 11) is 0. The Kier molecular flexibility index (Phi) is 5.97. The Bertz CT molecular complexity index is 1500. The fourth-order valence-corrected chi connectivity index (χ4v) is 4.17. The molecule has 33 heavy (non-hydrogen) atoms. The molecule has 0 aliphatic carbocycles. The summed E-state index contributed by atoms with van der Waals surface area (Å²) < 4.78 is 7.14. The van der Waals surface area contributed by atoms with Crippen LogP contribution in [0.4, 0.5) is 5.69 Å². The average molecular weight is 492 g/mol. The van der Waals surface area contributed by atoms with E-state index in [1.54, 1.807) is 0 Å². The number of halogens is 1. The molecule has 0 saturated heterocycles. The second kappa shape index (κ2) is 9.35. The second-order valence-corrected chi connectivity index (χ2v) is 8.69. The number of benzene rings is 5. The van der Waals surface area contributed by atoms with E-state index in [-0.39, 0.29) is 0 Å². The lowest BCUT2D eigenvalue weighted by Crippen LogP contribution is -1.83. The van der Waals surface area contributed by atoms with Gasteiger partial charge in [-0.3, -0.25) is 0 Å². The minimum Gasteiger partial charge on any atom is -0.455 e. The van der Waals surface area contributed by atoms with Crippen LogP contribution < -0.4 is 5.73 Å². The number of nitrogens with two attached hydrogens (primary N) is 1. The number of hydrogen-bond donors (Lipinski definition) is 1. The molecule has 3 heteroatoms. The van der Waals surface area contributed by atoms with Gasteiger partial charge in [-0.05, 0) is 47.0 Å². The summed E-state index contributed by atoms with van der Waals surface area (Å²) >= 11 is 3.47. The fourth-order valence-electron chi connectivity index (χ4n) is 3.91. The van der Waals surface area contributed by atoms with E-state index in [1.807, 2.05) is 60.7 Å². The Morgan fingerprint density at radius 2 is 1.12 bits per heavy atom. The van der Waals surface area contributed by atoms with Gasteiger partial charge >= 0.3 is 0 Å². The third kappa shape index (κ3) is 4.55. The predicted octanol–water partition coefficient (Wildman–Crippen LogP) is 8.95. The van der Waals surface area contributed by atoms with E-state index in [4.69, 9.17) is 10.2 Å². The molecule has 0 atom stereocenters. The summed E-state index contributed by atoms with van der Waals surface area (Å²) in [4.78, 5) is 0. The molecule has 0 unspecified atom stereocenters. The van der Waals surface area contributed by atoms with Gasteiger partial charge in [-0.1, -0.05) is 107 Å². The molecular formula is C30H22BrNO. The molecule has 0 fully saturated rings. The highest BCUT2D eigenvalue weighted by Gasteiger charge is 2.11. The molecular weight excluding hydrogens is 470 g/mol. The molecule has 0 aliphatic rings. The van der Waals surface area contributed by atoms with Crippen molar-refractivity contribution in [3.05, 3.63) is 126 Å². The van der Waals surface area contributed by atoms with Crippen molar-refractivity contribution in [1.82, 2.24) is 0 Å². The number of rotatable bonds is 2. The molecule has 1 aromatic heterocycles. The molecule has 0 radical (unpaired) electrons. The van der Waals surface area contributed by atoms with E-state index >= 15 is 0 Å². The van der Waals surface area contributed by atoms with Crippen molar-refractivity contribution in [3.63, 3.8) is 0 Å². The van der Waals surface area contributed by atoms with Crippen molar-refractivity contribution in [2.24, 2.45) is 0 Å². The van der Waals surface area contributed by atoms with Crippen LogP contribution in [0.15, 0.2) is 130 Å². The van der Waals surface area contributed by atoms with E-state index in [2.05, 4.69) is 76.6 Å². The summed E-state index contributed by atoms with van der Waals surface area (Å²) in [5.74, 6) is 0. The number of nitrogen functional groups attached to an aromatic ring is 1. The highest BCUT2D eigenvalue weighted by atomic mass is 79.9. The van der Waals surface area contributed by atoms with Crippen LogP contribution in [-0.4, -0.2) is 0 Å². The smallest absolute Gasteiger partial charge is 0.143 e. The standard InChI is InChI=1S/C18H11BrO.C12H11N/c19-13-10-8-12(9-11-13)14-5-3-6-16-15-4-1-2-7-17(15)20-18(14)16;13-12-8-6-11(7-9-12)10-4-2-1-3-5-10/h1-11H;1-9H,13H2. The Morgan fingerprint density at radius 1 is 0.515 bits per heavy atom. The molecule has 2 N–H and O–H groups in total. The SMILES string of the molecule is Brc1ccc(-c2cccc3c2oc2ccccc23)cc1.Nc1ccc(-c2ccccc2)cc1. The van der Waals surface area contributed by atoms with Crippen molar-refractivity contribution < 1.29 is 4.42 Å². The number of hydrogen-bond acceptors (Lipinski definition) is 2. The van der Waals surface area contributed by atoms with Gasteiger partial charge in [-0.25, -0.2) is 0 Å². The molecule has 1 heterocycles. The Labute approximate surface area is 201 Å². The Hall–Kier alpha value is -3.82. The summed E-state index contributed by atoms with van der Waals surface area (Å²) in [6.45, 7) is 0. The summed E-state index contributed by atoms with van der Waals surface area (Å²) in [5, 5.41) is 2.34. The number of para-hydroxylation sites is 2. The molecule has 5 aromatic carbocycles. The number of fused-ring (bicyclic) bond motifs is 3. The zero-order valence-corrected chi connectivity index (χ0v) is 19.5. The van der Waals surface area contributed by atoms with E-state index in [0.29, 0.717) is 0 Å². The lowest BCUT2D eigenvalue weighted by molar-refractivity contribution is 0.670. The molecule has 0 bridgehead atoms. The van der Waals surface area contributed by atoms with Gasteiger partial charge in [0, 0.05) is 26.5 Å². The van der Waals surface area contributed by atoms with E-state index < -0.39 is 0 Å². The third-order valence-electron chi connectivity index (χ3n) is 5.58. The fraction of sp³-hybridized carbons (Fsp3) is 0. The highest BCUT2D eigenvalue weighted by molar-refractivity contribution is 9.10. The minimum absolute atomic E-state index is 0.805. The largest absolute Gasteiger partial charge is 0.455 e. The lowest BCUT2D eigenvalue weighted by atomic mass is 10.0. The van der Waals surface area contributed by atoms with Crippen LogP contribution in [0.1, 0.15) is 0 Å². The van der Waals surface area contributed by atoms with Gasteiger partial charge in [0.1, 0.15) is 11.2 Å². The van der Waals surface area contributed by atoms with Crippen molar-refractivity contribution in [3.8, 4) is 22.3 Å². The number of anilines is 1.